The molecule has 0 radical (unpaired) electrons. The van der Waals surface area contributed by atoms with Gasteiger partial charge in [-0.1, -0.05) is 18.2 Å². The van der Waals surface area contributed by atoms with Crippen molar-refractivity contribution < 1.29 is 9.53 Å². The summed E-state index contributed by atoms with van der Waals surface area (Å²) in [4.78, 5) is 11.5. The van der Waals surface area contributed by atoms with Crippen molar-refractivity contribution in [3.63, 3.8) is 0 Å². The van der Waals surface area contributed by atoms with Crippen LogP contribution in [0, 0.1) is 0 Å². The van der Waals surface area contributed by atoms with Crippen LogP contribution in [0.3, 0.4) is 0 Å². The van der Waals surface area contributed by atoms with Gasteiger partial charge in [-0.25, -0.2) is 0 Å². The number of alkyl halides is 1. The number of methoxy groups -OCH3 is 1. The molecule has 0 aliphatic heterocycles. The third-order valence-electron chi connectivity index (χ3n) is 1.90. The Morgan fingerprint density at radius 1 is 1.47 bits per heavy atom. The smallest absolute Gasteiger partial charge is 0.242 e. The van der Waals surface area contributed by atoms with Gasteiger partial charge in [-0.15, -0.1) is 11.6 Å². The summed E-state index contributed by atoms with van der Waals surface area (Å²) in [5.74, 6) is -0.195. The van der Waals surface area contributed by atoms with Crippen LogP contribution >= 0.6 is 11.6 Å². The Hall–Kier alpha value is -1.06. The maximum atomic E-state index is 11.5. The van der Waals surface area contributed by atoms with Gasteiger partial charge >= 0.3 is 0 Å². The number of nitrogens with one attached hydrogen (secondary N) is 1. The van der Waals surface area contributed by atoms with E-state index < -0.39 is 5.38 Å². The highest BCUT2D eigenvalue weighted by atomic mass is 35.5. The van der Waals surface area contributed by atoms with Crippen LogP contribution in [0.15, 0.2) is 30.3 Å². The number of hydrogen-bond acceptors (Lipinski definition) is 2. The summed E-state index contributed by atoms with van der Waals surface area (Å²) >= 11 is 5.87. The van der Waals surface area contributed by atoms with Gasteiger partial charge in [0, 0.05) is 19.4 Å². The van der Waals surface area contributed by atoms with E-state index in [1.165, 1.54) is 0 Å². The standard InChI is InChI=1S/C11H14ClNO2/c1-15-8-7-10(12)11(14)13-9-5-3-2-4-6-9/h2-6,10H,7-8H2,1H3,(H,13,14). The Kier molecular flexibility index (Phi) is 5.15. The number of halogens is 1. The molecule has 0 bridgehead atoms. The van der Waals surface area contributed by atoms with Crippen LogP contribution in [-0.2, 0) is 9.53 Å². The van der Waals surface area contributed by atoms with Gasteiger partial charge in [0.25, 0.3) is 0 Å². The van der Waals surface area contributed by atoms with Crippen molar-refractivity contribution in [2.24, 2.45) is 0 Å². The molecule has 3 nitrogen and oxygen atoms in total. The van der Waals surface area contributed by atoms with Gasteiger partial charge in [-0.05, 0) is 18.6 Å². The third-order valence-corrected chi connectivity index (χ3v) is 2.32. The summed E-state index contributed by atoms with van der Waals surface area (Å²) in [6.45, 7) is 0.483. The number of carbonyl (C=O) groups is 1. The van der Waals surface area contributed by atoms with Crippen molar-refractivity contribution in [3.05, 3.63) is 30.3 Å². The van der Waals surface area contributed by atoms with E-state index in [1.54, 1.807) is 7.11 Å². The first-order valence-electron chi connectivity index (χ1n) is 4.73. The van der Waals surface area contributed by atoms with Crippen LogP contribution in [-0.4, -0.2) is 25.0 Å². The highest BCUT2D eigenvalue weighted by Gasteiger charge is 2.14. The Labute approximate surface area is 94.4 Å². The number of anilines is 1. The fourth-order valence-electron chi connectivity index (χ4n) is 1.09. The molecule has 0 heterocycles. The average molecular weight is 228 g/mol. The zero-order valence-corrected chi connectivity index (χ0v) is 9.33. The number of ether oxygens (including phenoxy) is 1. The van der Waals surface area contributed by atoms with Gasteiger partial charge in [-0.3, -0.25) is 4.79 Å². The Morgan fingerprint density at radius 3 is 2.73 bits per heavy atom. The molecule has 1 atom stereocenters. The molecule has 0 aliphatic rings. The molecule has 0 saturated carbocycles. The lowest BCUT2D eigenvalue weighted by Gasteiger charge is -2.09. The second-order valence-electron chi connectivity index (χ2n) is 3.10. The largest absolute Gasteiger partial charge is 0.385 e. The molecular formula is C11H14ClNO2. The molecule has 0 fully saturated rings. The molecule has 0 saturated heterocycles. The number of benzene rings is 1. The Morgan fingerprint density at radius 2 is 2.13 bits per heavy atom. The molecule has 1 aromatic carbocycles. The Bertz CT molecular complexity index is 303. The van der Waals surface area contributed by atoms with Crippen molar-refractivity contribution >= 4 is 23.2 Å². The topological polar surface area (TPSA) is 38.3 Å². The van der Waals surface area contributed by atoms with Crippen molar-refractivity contribution in [2.75, 3.05) is 19.0 Å². The van der Waals surface area contributed by atoms with Gasteiger partial charge in [0.15, 0.2) is 0 Å². The van der Waals surface area contributed by atoms with E-state index in [-0.39, 0.29) is 5.91 Å². The first-order valence-corrected chi connectivity index (χ1v) is 5.16. The van der Waals surface area contributed by atoms with E-state index >= 15 is 0 Å². The summed E-state index contributed by atoms with van der Waals surface area (Å²) < 4.78 is 4.85. The molecule has 82 valence electrons. The maximum absolute atomic E-state index is 11.5. The minimum absolute atomic E-state index is 0.195. The fraction of sp³-hybridized carbons (Fsp3) is 0.364. The van der Waals surface area contributed by atoms with Gasteiger partial charge in [0.05, 0.1) is 0 Å². The minimum atomic E-state index is -0.551. The van der Waals surface area contributed by atoms with Crippen LogP contribution in [0.5, 0.6) is 0 Å². The first-order chi connectivity index (χ1) is 7.24. The zero-order chi connectivity index (χ0) is 11.1. The summed E-state index contributed by atoms with van der Waals surface area (Å²) in [5, 5.41) is 2.17. The summed E-state index contributed by atoms with van der Waals surface area (Å²) in [7, 11) is 1.58. The summed E-state index contributed by atoms with van der Waals surface area (Å²) in [6.07, 6.45) is 0.511. The van der Waals surface area contributed by atoms with Gasteiger partial charge < -0.3 is 10.1 Å². The Balaban J connectivity index is 2.42. The van der Waals surface area contributed by atoms with Crippen LogP contribution in [0.25, 0.3) is 0 Å². The summed E-state index contributed by atoms with van der Waals surface area (Å²) in [5.41, 5.74) is 0.755. The zero-order valence-electron chi connectivity index (χ0n) is 8.57. The number of carbonyl (C=O) groups excluding carboxylic acids is 1. The van der Waals surface area contributed by atoms with Crippen molar-refractivity contribution in [2.45, 2.75) is 11.8 Å². The monoisotopic (exact) mass is 227 g/mol. The molecule has 0 aromatic heterocycles. The molecule has 1 amide bonds. The number of amides is 1. The highest BCUT2D eigenvalue weighted by Crippen LogP contribution is 2.09. The maximum Gasteiger partial charge on any atom is 0.242 e. The van der Waals surface area contributed by atoms with E-state index in [9.17, 15) is 4.79 Å². The SMILES string of the molecule is COCCC(Cl)C(=O)Nc1ccccc1. The van der Waals surface area contributed by atoms with Crippen LogP contribution in [0.1, 0.15) is 6.42 Å². The van der Waals surface area contributed by atoms with Gasteiger partial charge in [0.2, 0.25) is 5.91 Å². The van der Waals surface area contributed by atoms with Gasteiger partial charge in [-0.2, -0.15) is 0 Å². The molecule has 1 N–H and O–H groups in total. The van der Waals surface area contributed by atoms with E-state index in [1.807, 2.05) is 30.3 Å². The fourth-order valence-corrected chi connectivity index (χ4v) is 1.24. The van der Waals surface area contributed by atoms with Gasteiger partial charge in [0.1, 0.15) is 5.38 Å². The van der Waals surface area contributed by atoms with E-state index in [2.05, 4.69) is 5.32 Å². The molecule has 4 heteroatoms. The van der Waals surface area contributed by atoms with Crippen molar-refractivity contribution in [1.29, 1.82) is 0 Å². The van der Waals surface area contributed by atoms with E-state index in [0.29, 0.717) is 13.0 Å². The predicted molar refractivity (Wildman–Crippen MR) is 61.2 cm³/mol. The van der Waals surface area contributed by atoms with E-state index in [0.717, 1.165) is 5.69 Å². The van der Waals surface area contributed by atoms with Crippen LogP contribution in [0.4, 0.5) is 5.69 Å². The molecule has 1 unspecified atom stereocenters. The van der Waals surface area contributed by atoms with E-state index in [4.69, 9.17) is 16.3 Å². The summed E-state index contributed by atoms with van der Waals surface area (Å²) in [6, 6.07) is 9.23. The molecule has 0 spiro atoms. The average Bonchev–Trinajstić information content (AvgIpc) is 2.27. The quantitative estimate of drug-likeness (QED) is 0.784. The first kappa shape index (κ1) is 12.0. The van der Waals surface area contributed by atoms with Crippen molar-refractivity contribution in [3.8, 4) is 0 Å². The molecule has 1 rings (SSSR count). The minimum Gasteiger partial charge on any atom is -0.385 e. The predicted octanol–water partition coefficient (Wildman–Crippen LogP) is 2.27. The normalized spacial score (nSPS) is 12.1. The lowest BCUT2D eigenvalue weighted by molar-refractivity contribution is -0.116. The number of para-hydroxylation sites is 1. The lowest BCUT2D eigenvalue weighted by atomic mass is 10.2. The van der Waals surface area contributed by atoms with Crippen molar-refractivity contribution in [1.82, 2.24) is 0 Å². The number of hydrogen-bond donors (Lipinski definition) is 1. The molecule has 0 aliphatic carbocycles. The lowest BCUT2D eigenvalue weighted by Crippen LogP contribution is -2.24. The molecule has 15 heavy (non-hydrogen) atoms. The molecule has 1 aromatic rings. The highest BCUT2D eigenvalue weighted by molar-refractivity contribution is 6.32. The second-order valence-corrected chi connectivity index (χ2v) is 3.63. The van der Waals surface area contributed by atoms with Crippen LogP contribution < -0.4 is 5.32 Å². The second kappa shape index (κ2) is 6.43. The third kappa shape index (κ3) is 4.32. The number of rotatable bonds is 5. The molecular weight excluding hydrogens is 214 g/mol. The van der Waals surface area contributed by atoms with Crippen LogP contribution in [0.2, 0.25) is 0 Å².